The lowest BCUT2D eigenvalue weighted by molar-refractivity contribution is -0.113. The van der Waals surface area contributed by atoms with E-state index in [1.165, 1.54) is 17.3 Å². The molecule has 2 aromatic carbocycles. The Balaban J connectivity index is 1.62. The minimum Gasteiger partial charge on any atom is -0.494 e. The van der Waals surface area contributed by atoms with Crippen LogP contribution in [0, 0.1) is 13.8 Å². The third kappa shape index (κ3) is 4.85. The summed E-state index contributed by atoms with van der Waals surface area (Å²) in [5.41, 5.74) is 3.92. The summed E-state index contributed by atoms with van der Waals surface area (Å²) in [5, 5.41) is 15.2. The molecule has 0 aliphatic carbocycles. The molecule has 27 heavy (non-hydrogen) atoms. The number of anilines is 1. The van der Waals surface area contributed by atoms with Gasteiger partial charge in [-0.1, -0.05) is 17.8 Å². The SMILES string of the molecule is CCOc1ccc(-n2nnnc2SCC(=O)Nc2ccc(C)c(C)c2)cc1. The molecule has 0 atom stereocenters. The van der Waals surface area contributed by atoms with Crippen molar-refractivity contribution >= 4 is 23.4 Å². The van der Waals surface area contributed by atoms with Crippen LogP contribution in [0.3, 0.4) is 0 Å². The number of aromatic nitrogens is 4. The maximum Gasteiger partial charge on any atom is 0.234 e. The zero-order chi connectivity index (χ0) is 19.2. The number of aryl methyl sites for hydroxylation is 2. The molecule has 0 unspecified atom stereocenters. The first-order valence-electron chi connectivity index (χ1n) is 8.58. The number of benzene rings is 2. The van der Waals surface area contributed by atoms with Crippen LogP contribution < -0.4 is 10.1 Å². The van der Waals surface area contributed by atoms with Gasteiger partial charge in [-0.15, -0.1) is 5.10 Å². The second-order valence-corrected chi connectivity index (χ2v) is 6.88. The smallest absolute Gasteiger partial charge is 0.234 e. The number of rotatable bonds is 7. The summed E-state index contributed by atoms with van der Waals surface area (Å²) in [6, 6.07) is 13.3. The number of tetrazole rings is 1. The van der Waals surface area contributed by atoms with E-state index in [-0.39, 0.29) is 11.7 Å². The molecule has 0 aliphatic rings. The van der Waals surface area contributed by atoms with Crippen molar-refractivity contribution in [3.05, 3.63) is 53.6 Å². The molecule has 1 N–H and O–H groups in total. The van der Waals surface area contributed by atoms with E-state index in [0.717, 1.165) is 22.7 Å². The van der Waals surface area contributed by atoms with Crippen molar-refractivity contribution in [1.82, 2.24) is 20.2 Å². The molecule has 3 aromatic rings. The van der Waals surface area contributed by atoms with Gasteiger partial charge in [0.2, 0.25) is 11.1 Å². The van der Waals surface area contributed by atoms with E-state index in [0.29, 0.717) is 11.8 Å². The van der Waals surface area contributed by atoms with Gasteiger partial charge in [-0.2, -0.15) is 4.68 Å². The summed E-state index contributed by atoms with van der Waals surface area (Å²) in [5.74, 6) is 0.894. The molecule has 1 amide bonds. The molecule has 1 heterocycles. The average molecular weight is 383 g/mol. The first-order chi connectivity index (χ1) is 13.1. The van der Waals surface area contributed by atoms with Crippen LogP contribution in [0.1, 0.15) is 18.1 Å². The van der Waals surface area contributed by atoms with Crippen LogP contribution in [-0.4, -0.2) is 38.5 Å². The van der Waals surface area contributed by atoms with E-state index in [2.05, 4.69) is 20.8 Å². The molecule has 7 nitrogen and oxygen atoms in total. The van der Waals surface area contributed by atoms with E-state index >= 15 is 0 Å². The van der Waals surface area contributed by atoms with Gasteiger partial charge in [0, 0.05) is 5.69 Å². The Morgan fingerprint density at radius 1 is 1.15 bits per heavy atom. The molecule has 0 spiro atoms. The fourth-order valence-corrected chi connectivity index (χ4v) is 3.12. The third-order valence-electron chi connectivity index (χ3n) is 3.96. The molecule has 8 heteroatoms. The molecular formula is C19H21N5O2S. The van der Waals surface area contributed by atoms with Gasteiger partial charge in [0.1, 0.15) is 5.75 Å². The minimum atomic E-state index is -0.107. The van der Waals surface area contributed by atoms with Crippen LogP contribution in [0.5, 0.6) is 5.75 Å². The van der Waals surface area contributed by atoms with Crippen molar-refractivity contribution in [3.63, 3.8) is 0 Å². The number of nitrogens with one attached hydrogen (secondary N) is 1. The van der Waals surface area contributed by atoms with Crippen molar-refractivity contribution in [3.8, 4) is 11.4 Å². The Hall–Kier alpha value is -2.87. The summed E-state index contributed by atoms with van der Waals surface area (Å²) in [7, 11) is 0. The van der Waals surface area contributed by atoms with Gasteiger partial charge in [0.05, 0.1) is 18.0 Å². The van der Waals surface area contributed by atoms with E-state index < -0.39 is 0 Å². The Kier molecular flexibility index (Phi) is 6.08. The fourth-order valence-electron chi connectivity index (χ4n) is 2.43. The molecule has 140 valence electrons. The van der Waals surface area contributed by atoms with Crippen LogP contribution in [-0.2, 0) is 4.79 Å². The quantitative estimate of drug-likeness (QED) is 0.630. The maximum atomic E-state index is 12.2. The predicted octanol–water partition coefficient (Wildman–Crippen LogP) is 3.41. The lowest BCUT2D eigenvalue weighted by atomic mass is 10.1. The lowest BCUT2D eigenvalue weighted by Crippen LogP contribution is -2.14. The van der Waals surface area contributed by atoms with Crippen LogP contribution in [0.2, 0.25) is 0 Å². The molecule has 3 rings (SSSR count). The highest BCUT2D eigenvalue weighted by Gasteiger charge is 2.12. The van der Waals surface area contributed by atoms with Crippen LogP contribution >= 0.6 is 11.8 Å². The number of carbonyl (C=O) groups excluding carboxylic acids is 1. The zero-order valence-corrected chi connectivity index (χ0v) is 16.3. The largest absolute Gasteiger partial charge is 0.494 e. The van der Waals surface area contributed by atoms with Crippen molar-refractivity contribution in [2.24, 2.45) is 0 Å². The number of thioether (sulfide) groups is 1. The summed E-state index contributed by atoms with van der Waals surface area (Å²) >= 11 is 1.28. The van der Waals surface area contributed by atoms with E-state index in [1.54, 1.807) is 4.68 Å². The monoisotopic (exact) mass is 383 g/mol. The summed E-state index contributed by atoms with van der Waals surface area (Å²) < 4.78 is 7.04. The van der Waals surface area contributed by atoms with Crippen LogP contribution in [0.4, 0.5) is 5.69 Å². The maximum absolute atomic E-state index is 12.2. The summed E-state index contributed by atoms with van der Waals surface area (Å²) in [6.45, 7) is 6.61. The lowest BCUT2D eigenvalue weighted by Gasteiger charge is -2.08. The van der Waals surface area contributed by atoms with Crippen molar-refractivity contribution in [1.29, 1.82) is 0 Å². The fraction of sp³-hybridized carbons (Fsp3) is 0.263. The third-order valence-corrected chi connectivity index (χ3v) is 4.88. The van der Waals surface area contributed by atoms with Crippen molar-refractivity contribution in [2.75, 3.05) is 17.7 Å². The van der Waals surface area contributed by atoms with Gasteiger partial charge in [-0.05, 0) is 78.7 Å². The number of nitrogens with zero attached hydrogens (tertiary/aromatic N) is 4. The number of hydrogen-bond acceptors (Lipinski definition) is 6. The first-order valence-corrected chi connectivity index (χ1v) is 9.57. The van der Waals surface area contributed by atoms with Crippen LogP contribution in [0.25, 0.3) is 5.69 Å². The molecular weight excluding hydrogens is 362 g/mol. The van der Waals surface area contributed by atoms with Crippen LogP contribution in [0.15, 0.2) is 47.6 Å². The minimum absolute atomic E-state index is 0.107. The van der Waals surface area contributed by atoms with E-state index in [4.69, 9.17) is 4.74 Å². The number of hydrogen-bond donors (Lipinski definition) is 1. The van der Waals surface area contributed by atoms with Gasteiger partial charge < -0.3 is 10.1 Å². The molecule has 0 aliphatic heterocycles. The van der Waals surface area contributed by atoms with Crippen molar-refractivity contribution in [2.45, 2.75) is 25.9 Å². The molecule has 0 bridgehead atoms. The molecule has 0 radical (unpaired) electrons. The highest BCUT2D eigenvalue weighted by molar-refractivity contribution is 7.99. The Bertz CT molecular complexity index is 924. The van der Waals surface area contributed by atoms with Gasteiger partial charge in [-0.25, -0.2) is 0 Å². The highest BCUT2D eigenvalue weighted by atomic mass is 32.2. The summed E-state index contributed by atoms with van der Waals surface area (Å²) in [4.78, 5) is 12.2. The molecule has 0 fully saturated rings. The topological polar surface area (TPSA) is 81.9 Å². The van der Waals surface area contributed by atoms with E-state index in [9.17, 15) is 4.79 Å². The number of carbonyl (C=O) groups is 1. The van der Waals surface area contributed by atoms with Gasteiger partial charge in [0.25, 0.3) is 0 Å². The first kappa shape index (κ1) is 18.9. The Morgan fingerprint density at radius 2 is 1.93 bits per heavy atom. The van der Waals surface area contributed by atoms with Crippen molar-refractivity contribution < 1.29 is 9.53 Å². The molecule has 0 saturated heterocycles. The second-order valence-electron chi connectivity index (χ2n) is 5.94. The Morgan fingerprint density at radius 3 is 2.63 bits per heavy atom. The number of amides is 1. The Labute approximate surface area is 162 Å². The van der Waals surface area contributed by atoms with Gasteiger partial charge >= 0.3 is 0 Å². The standard InChI is InChI=1S/C19H21N5O2S/c1-4-26-17-9-7-16(8-10-17)24-19(21-22-23-24)27-12-18(25)20-15-6-5-13(2)14(3)11-15/h5-11H,4,12H2,1-3H3,(H,20,25). The van der Waals surface area contributed by atoms with Gasteiger partial charge in [-0.3, -0.25) is 4.79 Å². The average Bonchev–Trinajstić information content (AvgIpc) is 3.13. The molecule has 1 aromatic heterocycles. The van der Waals surface area contributed by atoms with E-state index in [1.807, 2.05) is 63.2 Å². The molecule has 0 saturated carbocycles. The number of ether oxygens (including phenoxy) is 1. The van der Waals surface area contributed by atoms with Gasteiger partial charge in [0.15, 0.2) is 0 Å². The second kappa shape index (κ2) is 8.68. The predicted molar refractivity (Wildman–Crippen MR) is 106 cm³/mol. The zero-order valence-electron chi connectivity index (χ0n) is 15.5. The normalized spacial score (nSPS) is 10.6. The highest BCUT2D eigenvalue weighted by Crippen LogP contribution is 2.21. The summed E-state index contributed by atoms with van der Waals surface area (Å²) in [6.07, 6.45) is 0.